The van der Waals surface area contributed by atoms with Crippen LogP contribution in [0.5, 0.6) is 0 Å². The summed E-state index contributed by atoms with van der Waals surface area (Å²) in [6.45, 7) is 5.41. The Balaban J connectivity index is 2.12. The minimum atomic E-state index is 0.446. The Hall–Kier alpha value is -0.830. The van der Waals surface area contributed by atoms with Crippen LogP contribution in [0, 0.1) is 12.8 Å². The van der Waals surface area contributed by atoms with E-state index in [9.17, 15) is 0 Å². The zero-order valence-corrected chi connectivity index (χ0v) is 9.16. The number of hydrogen-bond donors (Lipinski definition) is 0. The highest BCUT2D eigenvalue weighted by atomic mass is 16.5. The maximum Gasteiger partial charge on any atom is 0.154 e. The summed E-state index contributed by atoms with van der Waals surface area (Å²) in [4.78, 5) is 2.37. The molecule has 3 heteroatoms. The Morgan fingerprint density at radius 1 is 1.64 bits per heavy atom. The van der Waals surface area contributed by atoms with Gasteiger partial charge in [-0.05, 0) is 26.3 Å². The van der Waals surface area contributed by atoms with E-state index in [2.05, 4.69) is 30.1 Å². The van der Waals surface area contributed by atoms with E-state index in [1.165, 1.54) is 19.4 Å². The van der Waals surface area contributed by atoms with Gasteiger partial charge in [0.2, 0.25) is 0 Å². The molecule has 0 amide bonds. The third-order valence-electron chi connectivity index (χ3n) is 3.19. The first-order valence-electron chi connectivity index (χ1n) is 5.34. The summed E-state index contributed by atoms with van der Waals surface area (Å²) in [5.74, 6) is 1.84. The van der Waals surface area contributed by atoms with Crippen LogP contribution in [-0.2, 0) is 0 Å². The van der Waals surface area contributed by atoms with E-state index in [0.29, 0.717) is 6.04 Å². The van der Waals surface area contributed by atoms with Crippen molar-refractivity contribution in [2.24, 2.45) is 5.92 Å². The predicted molar refractivity (Wildman–Crippen MR) is 55.0 cm³/mol. The largest absolute Gasteiger partial charge is 0.359 e. The molecule has 0 radical (unpaired) electrons. The molecule has 0 aromatic carbocycles. The number of hydrogen-bond acceptors (Lipinski definition) is 3. The average Bonchev–Trinajstić information content (AvgIpc) is 2.71. The minimum absolute atomic E-state index is 0.446. The minimum Gasteiger partial charge on any atom is -0.359 e. The van der Waals surface area contributed by atoms with Gasteiger partial charge >= 0.3 is 0 Å². The maximum absolute atomic E-state index is 5.32. The molecule has 2 rings (SSSR count). The van der Waals surface area contributed by atoms with Gasteiger partial charge in [0.1, 0.15) is 0 Å². The monoisotopic (exact) mass is 194 g/mol. The van der Waals surface area contributed by atoms with Crippen molar-refractivity contribution < 1.29 is 4.52 Å². The third kappa shape index (κ3) is 1.69. The Bertz CT molecular complexity index is 308. The van der Waals surface area contributed by atoms with E-state index in [4.69, 9.17) is 4.52 Å². The van der Waals surface area contributed by atoms with Gasteiger partial charge < -0.3 is 4.52 Å². The topological polar surface area (TPSA) is 29.3 Å². The number of likely N-dealkylation sites (tertiary alicyclic amines) is 1. The third-order valence-corrected chi connectivity index (χ3v) is 3.19. The smallest absolute Gasteiger partial charge is 0.154 e. The molecule has 0 spiro atoms. The van der Waals surface area contributed by atoms with E-state index < -0.39 is 0 Å². The standard InChI is InChI=1S/C11H18N2O/c1-4-9-6-10(13(3)7-9)11-5-8(2)12-14-11/h5,9-10H,4,6-7H2,1-3H3. The number of aromatic nitrogens is 1. The van der Waals surface area contributed by atoms with Gasteiger partial charge in [0.05, 0.1) is 11.7 Å². The fraction of sp³-hybridized carbons (Fsp3) is 0.727. The zero-order valence-electron chi connectivity index (χ0n) is 9.16. The summed E-state index contributed by atoms with van der Waals surface area (Å²) in [6.07, 6.45) is 2.47. The molecule has 2 atom stereocenters. The molecule has 2 unspecified atom stereocenters. The Morgan fingerprint density at radius 3 is 2.93 bits per heavy atom. The molecular formula is C11H18N2O. The first-order valence-corrected chi connectivity index (χ1v) is 5.34. The first-order chi connectivity index (χ1) is 6.70. The molecule has 0 saturated carbocycles. The summed E-state index contributed by atoms with van der Waals surface area (Å²) >= 11 is 0. The van der Waals surface area contributed by atoms with Crippen LogP contribution >= 0.6 is 0 Å². The van der Waals surface area contributed by atoms with Crippen LogP contribution in [-0.4, -0.2) is 23.6 Å². The molecule has 3 nitrogen and oxygen atoms in total. The molecule has 1 aromatic heterocycles. The van der Waals surface area contributed by atoms with Gasteiger partial charge in [-0.25, -0.2) is 0 Å². The molecule has 0 bridgehead atoms. The van der Waals surface area contributed by atoms with Crippen molar-refractivity contribution in [2.45, 2.75) is 32.7 Å². The van der Waals surface area contributed by atoms with Crippen LogP contribution in [0.25, 0.3) is 0 Å². The fourth-order valence-corrected chi connectivity index (χ4v) is 2.27. The molecule has 1 aliphatic rings. The van der Waals surface area contributed by atoms with E-state index in [0.717, 1.165) is 17.4 Å². The van der Waals surface area contributed by atoms with E-state index >= 15 is 0 Å². The van der Waals surface area contributed by atoms with Crippen LogP contribution in [0.4, 0.5) is 0 Å². The van der Waals surface area contributed by atoms with Crippen LogP contribution in [0.15, 0.2) is 10.6 Å². The summed E-state index contributed by atoms with van der Waals surface area (Å²) in [5, 5.41) is 3.94. The van der Waals surface area contributed by atoms with Gasteiger partial charge in [0.25, 0.3) is 0 Å². The van der Waals surface area contributed by atoms with Crippen LogP contribution in [0.2, 0.25) is 0 Å². The Morgan fingerprint density at radius 2 is 2.43 bits per heavy atom. The number of aryl methyl sites for hydroxylation is 1. The van der Waals surface area contributed by atoms with Crippen molar-refractivity contribution >= 4 is 0 Å². The Labute approximate surface area is 85.1 Å². The summed E-state index contributed by atoms with van der Waals surface area (Å²) in [6, 6.07) is 2.50. The van der Waals surface area contributed by atoms with E-state index in [1.54, 1.807) is 0 Å². The molecule has 14 heavy (non-hydrogen) atoms. The molecule has 0 N–H and O–H groups in total. The number of rotatable bonds is 2. The molecule has 78 valence electrons. The quantitative estimate of drug-likeness (QED) is 0.724. The van der Waals surface area contributed by atoms with Crippen molar-refractivity contribution in [1.82, 2.24) is 10.1 Å². The van der Waals surface area contributed by atoms with Crippen molar-refractivity contribution in [3.63, 3.8) is 0 Å². The lowest BCUT2D eigenvalue weighted by Crippen LogP contribution is -2.17. The second-order valence-electron chi connectivity index (χ2n) is 4.34. The van der Waals surface area contributed by atoms with Crippen molar-refractivity contribution in [3.05, 3.63) is 17.5 Å². The van der Waals surface area contributed by atoms with Crippen molar-refractivity contribution in [2.75, 3.05) is 13.6 Å². The fourth-order valence-electron chi connectivity index (χ4n) is 2.27. The lowest BCUT2D eigenvalue weighted by atomic mass is 10.0. The second-order valence-corrected chi connectivity index (χ2v) is 4.34. The molecule has 2 heterocycles. The molecule has 1 saturated heterocycles. The Kier molecular flexibility index (Phi) is 2.59. The lowest BCUT2D eigenvalue weighted by Gasteiger charge is -2.15. The second kappa shape index (κ2) is 3.73. The highest BCUT2D eigenvalue weighted by molar-refractivity contribution is 5.09. The lowest BCUT2D eigenvalue weighted by molar-refractivity contribution is 0.250. The summed E-state index contributed by atoms with van der Waals surface area (Å²) in [5.41, 5.74) is 0.980. The maximum atomic E-state index is 5.32. The summed E-state index contributed by atoms with van der Waals surface area (Å²) < 4.78 is 5.32. The highest BCUT2D eigenvalue weighted by Gasteiger charge is 2.31. The zero-order chi connectivity index (χ0) is 10.1. The van der Waals surface area contributed by atoms with Gasteiger partial charge in [0, 0.05) is 12.6 Å². The van der Waals surface area contributed by atoms with Gasteiger partial charge in [-0.1, -0.05) is 18.5 Å². The number of nitrogens with zero attached hydrogens (tertiary/aromatic N) is 2. The van der Waals surface area contributed by atoms with Crippen molar-refractivity contribution in [3.8, 4) is 0 Å². The summed E-state index contributed by atoms with van der Waals surface area (Å²) in [7, 11) is 2.16. The molecular weight excluding hydrogens is 176 g/mol. The SMILES string of the molecule is CCC1CC(c2cc(C)no2)N(C)C1. The molecule has 0 aliphatic carbocycles. The van der Waals surface area contributed by atoms with E-state index in [1.807, 2.05) is 6.92 Å². The van der Waals surface area contributed by atoms with Crippen LogP contribution in [0.3, 0.4) is 0 Å². The van der Waals surface area contributed by atoms with E-state index in [-0.39, 0.29) is 0 Å². The van der Waals surface area contributed by atoms with Gasteiger partial charge in [0.15, 0.2) is 5.76 Å². The predicted octanol–water partition coefficient (Wildman–Crippen LogP) is 2.39. The normalized spacial score (nSPS) is 28.5. The molecule has 1 aliphatic heterocycles. The highest BCUT2D eigenvalue weighted by Crippen LogP contribution is 2.35. The van der Waals surface area contributed by atoms with Crippen LogP contribution < -0.4 is 0 Å². The van der Waals surface area contributed by atoms with Gasteiger partial charge in [-0.3, -0.25) is 4.90 Å². The average molecular weight is 194 g/mol. The van der Waals surface area contributed by atoms with Crippen molar-refractivity contribution in [1.29, 1.82) is 0 Å². The van der Waals surface area contributed by atoms with Gasteiger partial charge in [-0.15, -0.1) is 0 Å². The van der Waals surface area contributed by atoms with Crippen LogP contribution in [0.1, 0.15) is 37.3 Å². The van der Waals surface area contributed by atoms with Gasteiger partial charge in [-0.2, -0.15) is 0 Å². The molecule has 1 aromatic rings. The first kappa shape index (κ1) is 9.71. The molecule has 1 fully saturated rings.